The number of H-pyrrole nitrogens is 1. The van der Waals surface area contributed by atoms with E-state index >= 15 is 0 Å². The number of aromatic amines is 1. The van der Waals surface area contributed by atoms with Crippen molar-refractivity contribution < 1.29 is 53.8 Å². The topological polar surface area (TPSA) is 77.7 Å². The highest BCUT2D eigenvalue weighted by Crippen LogP contribution is 2.37. The lowest BCUT2D eigenvalue weighted by atomic mass is 10.1. The Morgan fingerprint density at radius 3 is 1.96 bits per heavy atom. The maximum Gasteiger partial charge on any atom is 0.416 e. The molecule has 7 nitrogen and oxygen atoms in total. The quantitative estimate of drug-likeness (QED) is 0.157. The third-order valence-corrected chi connectivity index (χ3v) is 7.35. The number of aromatic nitrogens is 1. The van der Waals surface area contributed by atoms with Crippen LogP contribution >= 0.6 is 0 Å². The highest BCUT2D eigenvalue weighted by Gasteiger charge is 2.37. The molecule has 4 rings (SSSR count). The van der Waals surface area contributed by atoms with Crippen LogP contribution in [0.3, 0.4) is 0 Å². The van der Waals surface area contributed by atoms with Crippen molar-refractivity contribution >= 4 is 28.5 Å². The Balaban J connectivity index is 1.59. The molecular weight excluding hydrogens is 659 g/mol. The normalized spacial score (nSPS) is 12.3. The average Bonchev–Trinajstić information content (AvgIpc) is 3.43. The largest absolute Gasteiger partial charge is 0.416 e. The molecule has 1 aromatic heterocycles. The van der Waals surface area contributed by atoms with Crippen LogP contribution in [0.1, 0.15) is 27.8 Å². The number of alkyl halides is 9. The lowest BCUT2D eigenvalue weighted by Crippen LogP contribution is -2.46. The number of halogens is 9. The van der Waals surface area contributed by atoms with Gasteiger partial charge in [0.05, 0.1) is 23.3 Å². The number of carbonyl (C=O) groups is 2. The summed E-state index contributed by atoms with van der Waals surface area (Å²) in [6.07, 6.45) is -12.9. The van der Waals surface area contributed by atoms with Gasteiger partial charge in [-0.1, -0.05) is 30.3 Å². The molecule has 0 saturated carbocycles. The average molecular weight is 689 g/mol. The Labute approximate surface area is 268 Å². The fourth-order valence-corrected chi connectivity index (χ4v) is 4.85. The van der Waals surface area contributed by atoms with Crippen LogP contribution < -0.4 is 5.32 Å². The number of nitrogens with one attached hydrogen (secondary N) is 2. The molecule has 0 atom stereocenters. The number of amides is 3. The fraction of sp³-hybridized carbons (Fsp3) is 0.312. The van der Waals surface area contributed by atoms with Crippen molar-refractivity contribution in [1.82, 2.24) is 14.8 Å². The Kier molecular flexibility index (Phi) is 11.0. The van der Waals surface area contributed by atoms with Crippen molar-refractivity contribution in [1.29, 1.82) is 0 Å². The number of urea groups is 1. The number of hydrogen-bond donors (Lipinski definition) is 2. The SMILES string of the molecule is COCCN(CC(=O)N(CCc1c[nH]c2ccccc12)Cc1ccc(C(F)(F)F)cc1)C(=O)Nc1cc(C(F)(F)F)cc(C(F)(F)F)c1. The molecule has 2 N–H and O–H groups in total. The molecule has 3 amide bonds. The van der Waals surface area contributed by atoms with Crippen molar-refractivity contribution in [3.05, 3.63) is 101 Å². The Bertz CT molecular complexity index is 1680. The summed E-state index contributed by atoms with van der Waals surface area (Å²) in [5, 5.41) is 2.89. The third kappa shape index (κ3) is 9.42. The highest BCUT2D eigenvalue weighted by molar-refractivity contribution is 5.92. The van der Waals surface area contributed by atoms with E-state index in [1.165, 1.54) is 24.1 Å². The first kappa shape index (κ1) is 36.1. The van der Waals surface area contributed by atoms with Gasteiger partial charge in [0.15, 0.2) is 0 Å². The van der Waals surface area contributed by atoms with Crippen molar-refractivity contribution in [2.24, 2.45) is 0 Å². The van der Waals surface area contributed by atoms with E-state index in [0.29, 0.717) is 24.1 Å². The maximum absolute atomic E-state index is 13.7. The first-order valence-electron chi connectivity index (χ1n) is 14.3. The van der Waals surface area contributed by atoms with Gasteiger partial charge in [-0.3, -0.25) is 4.79 Å². The van der Waals surface area contributed by atoms with Crippen LogP contribution in [0.25, 0.3) is 10.9 Å². The zero-order chi connectivity index (χ0) is 35.3. The van der Waals surface area contributed by atoms with Crippen molar-refractivity contribution in [2.45, 2.75) is 31.5 Å². The summed E-state index contributed by atoms with van der Waals surface area (Å²) in [4.78, 5) is 32.1. The number of benzene rings is 3. The van der Waals surface area contributed by atoms with E-state index in [1.807, 2.05) is 29.6 Å². The van der Waals surface area contributed by atoms with Crippen LogP contribution in [0.15, 0.2) is 72.9 Å². The number of methoxy groups -OCH3 is 1. The number of para-hydroxylation sites is 1. The predicted octanol–water partition coefficient (Wildman–Crippen LogP) is 7.98. The Morgan fingerprint density at radius 1 is 0.771 bits per heavy atom. The van der Waals surface area contributed by atoms with Crippen LogP contribution in [-0.4, -0.2) is 60.1 Å². The first-order valence-corrected chi connectivity index (χ1v) is 14.3. The summed E-state index contributed by atoms with van der Waals surface area (Å²) in [6, 6.07) is 10.9. The second-order valence-corrected chi connectivity index (χ2v) is 10.8. The number of hydrogen-bond acceptors (Lipinski definition) is 3. The molecular formula is C32H29F9N4O3. The van der Waals surface area contributed by atoms with Gasteiger partial charge < -0.3 is 24.8 Å². The molecule has 258 valence electrons. The number of anilines is 1. The molecule has 0 bridgehead atoms. The summed E-state index contributed by atoms with van der Waals surface area (Å²) in [6.45, 7) is -1.23. The molecule has 0 aliphatic heterocycles. The summed E-state index contributed by atoms with van der Waals surface area (Å²) in [5.41, 5.74) is -2.99. The van der Waals surface area contributed by atoms with Crippen molar-refractivity contribution in [3.63, 3.8) is 0 Å². The fourth-order valence-electron chi connectivity index (χ4n) is 4.85. The molecule has 0 unspecified atom stereocenters. The van der Waals surface area contributed by atoms with Gasteiger partial charge in [0.2, 0.25) is 5.91 Å². The molecule has 48 heavy (non-hydrogen) atoms. The molecule has 0 fully saturated rings. The first-order chi connectivity index (χ1) is 22.5. The monoisotopic (exact) mass is 688 g/mol. The smallest absolute Gasteiger partial charge is 0.383 e. The summed E-state index contributed by atoms with van der Waals surface area (Å²) >= 11 is 0. The number of rotatable bonds is 11. The number of ether oxygens (including phenoxy) is 1. The summed E-state index contributed by atoms with van der Waals surface area (Å²) < 4.78 is 125. The van der Waals surface area contributed by atoms with Crippen molar-refractivity contribution in [2.75, 3.05) is 38.7 Å². The van der Waals surface area contributed by atoms with Crippen LogP contribution in [-0.2, 0) is 41.0 Å². The zero-order valence-electron chi connectivity index (χ0n) is 25.2. The molecule has 4 aromatic rings. The van der Waals surface area contributed by atoms with Crippen molar-refractivity contribution in [3.8, 4) is 0 Å². The Morgan fingerprint density at radius 2 is 1.38 bits per heavy atom. The molecule has 0 radical (unpaired) electrons. The molecule has 3 aromatic carbocycles. The van der Waals surface area contributed by atoms with Gasteiger partial charge >= 0.3 is 24.6 Å². The van der Waals surface area contributed by atoms with E-state index in [0.717, 1.165) is 33.5 Å². The van der Waals surface area contributed by atoms with Gasteiger partial charge in [-0.15, -0.1) is 0 Å². The predicted molar refractivity (Wildman–Crippen MR) is 158 cm³/mol. The van der Waals surface area contributed by atoms with E-state index < -0.39 is 59.4 Å². The third-order valence-electron chi connectivity index (χ3n) is 7.35. The lowest BCUT2D eigenvalue weighted by Gasteiger charge is -2.28. The van der Waals surface area contributed by atoms with Crippen LogP contribution in [0.2, 0.25) is 0 Å². The minimum Gasteiger partial charge on any atom is -0.383 e. The molecule has 0 spiro atoms. The lowest BCUT2D eigenvalue weighted by molar-refractivity contribution is -0.143. The van der Waals surface area contributed by atoms with Crippen LogP contribution in [0.5, 0.6) is 0 Å². The van der Waals surface area contributed by atoms with Gasteiger partial charge in [0, 0.05) is 49.5 Å². The molecule has 0 aliphatic carbocycles. The van der Waals surface area contributed by atoms with Crippen LogP contribution in [0.4, 0.5) is 50.0 Å². The number of carbonyl (C=O) groups excluding carboxylic acids is 2. The van der Waals surface area contributed by atoms with Gasteiger partial charge in [-0.2, -0.15) is 39.5 Å². The van der Waals surface area contributed by atoms with Gasteiger partial charge in [-0.05, 0) is 53.9 Å². The molecule has 0 saturated heterocycles. The second-order valence-electron chi connectivity index (χ2n) is 10.8. The molecule has 1 heterocycles. The number of fused-ring (bicyclic) bond motifs is 1. The molecule has 16 heteroatoms. The minimum absolute atomic E-state index is 0.0456. The minimum atomic E-state index is -5.16. The number of nitrogens with zero attached hydrogens (tertiary/aromatic N) is 2. The molecule has 0 aliphatic rings. The van der Waals surface area contributed by atoms with Crippen LogP contribution in [0, 0.1) is 0 Å². The second kappa shape index (κ2) is 14.6. The standard InChI is InChI=1S/C32H29F9N4O3/c1-48-13-12-45(29(47)43-25-15-23(31(36,37)38)14-24(16-25)32(39,40)41)19-28(46)44(18-20-6-8-22(9-7-20)30(33,34)35)11-10-21-17-42-27-5-3-2-4-26(21)27/h2-9,14-17,42H,10-13,18-19H2,1H3,(H,43,47). The van der Waals surface area contributed by atoms with E-state index in [2.05, 4.69) is 4.98 Å². The van der Waals surface area contributed by atoms with E-state index in [-0.39, 0.29) is 32.3 Å². The summed E-state index contributed by atoms with van der Waals surface area (Å²) in [5.74, 6) is -0.694. The van der Waals surface area contributed by atoms with E-state index in [1.54, 1.807) is 6.20 Å². The highest BCUT2D eigenvalue weighted by atomic mass is 19.4. The maximum atomic E-state index is 13.7. The van der Waals surface area contributed by atoms with Gasteiger partial charge in [-0.25, -0.2) is 4.79 Å². The Hall–Kier alpha value is -4.73. The van der Waals surface area contributed by atoms with Gasteiger partial charge in [0.25, 0.3) is 0 Å². The van der Waals surface area contributed by atoms with Gasteiger partial charge in [0.1, 0.15) is 6.54 Å². The van der Waals surface area contributed by atoms with E-state index in [4.69, 9.17) is 4.74 Å². The zero-order valence-corrected chi connectivity index (χ0v) is 25.2. The summed E-state index contributed by atoms with van der Waals surface area (Å²) in [7, 11) is 1.28. The van der Waals surface area contributed by atoms with E-state index in [9.17, 15) is 49.1 Å².